The van der Waals surface area contributed by atoms with E-state index in [1.807, 2.05) is 13.8 Å². The number of nitrogens with two attached hydrogens (primary N) is 1. The normalized spacial score (nSPS) is 14.7. The Morgan fingerprint density at radius 2 is 1.59 bits per heavy atom. The molecule has 4 N–H and O–H groups in total. The Morgan fingerprint density at radius 3 is 2.12 bits per heavy atom. The molecule has 1 aromatic carbocycles. The second-order valence-electron chi connectivity index (χ2n) is 5.91. The lowest BCUT2D eigenvalue weighted by Crippen LogP contribution is -2.25. The van der Waals surface area contributed by atoms with Crippen LogP contribution in [-0.2, 0) is 27.2 Å². The number of rotatable bonds is 12. The van der Waals surface area contributed by atoms with Crippen molar-refractivity contribution in [3.63, 3.8) is 0 Å². The van der Waals surface area contributed by atoms with Gasteiger partial charge in [-0.2, -0.15) is 4.67 Å². The van der Waals surface area contributed by atoms with Crippen LogP contribution in [0.25, 0.3) is 0 Å². The smallest absolute Gasteiger partial charge is 0.463 e. The Balaban J connectivity index is 2.92. The molecular formula is C17H30N4O7P2S2. The molecule has 0 heterocycles. The molecule has 0 aliphatic rings. The zero-order valence-corrected chi connectivity index (χ0v) is 22.1. The van der Waals surface area contributed by atoms with Crippen molar-refractivity contribution in [3.05, 3.63) is 18.2 Å². The van der Waals surface area contributed by atoms with E-state index in [2.05, 4.69) is 10.6 Å². The first-order valence-electron chi connectivity index (χ1n) is 9.76. The Kier molecular flexibility index (Phi) is 12.0. The lowest BCUT2D eigenvalue weighted by atomic mass is 10.2. The van der Waals surface area contributed by atoms with Crippen LogP contribution >= 0.6 is 39.9 Å². The maximum Gasteiger partial charge on any atom is 0.463 e. The molecule has 0 aliphatic carbocycles. The van der Waals surface area contributed by atoms with Crippen molar-refractivity contribution in [1.29, 1.82) is 0 Å². The highest BCUT2D eigenvalue weighted by molar-refractivity contribution is 7.81. The van der Waals surface area contributed by atoms with Gasteiger partial charge in [0, 0.05) is 24.8 Å². The summed E-state index contributed by atoms with van der Waals surface area (Å²) >= 11 is 10.2. The van der Waals surface area contributed by atoms with Gasteiger partial charge in [0.15, 0.2) is 0 Å². The fourth-order valence-corrected chi connectivity index (χ4v) is 5.59. The number of nitrogens with one attached hydrogen (secondary N) is 2. The second kappa shape index (κ2) is 13.4. The quantitative estimate of drug-likeness (QED) is 0.256. The number of nitrogens with zero attached hydrogens (tertiary/aromatic N) is 1. The molecule has 32 heavy (non-hydrogen) atoms. The van der Waals surface area contributed by atoms with Crippen molar-refractivity contribution in [1.82, 2.24) is 4.67 Å². The Morgan fingerprint density at radius 1 is 1.00 bits per heavy atom. The van der Waals surface area contributed by atoms with Crippen LogP contribution in [-0.4, -0.2) is 48.4 Å². The number of hydrogen-bond donors (Lipinski definition) is 3. The first kappa shape index (κ1) is 28.7. The van der Waals surface area contributed by atoms with Gasteiger partial charge in [0.25, 0.3) is 10.3 Å². The predicted molar refractivity (Wildman–Crippen MR) is 133 cm³/mol. The zero-order valence-electron chi connectivity index (χ0n) is 18.7. The molecule has 0 radical (unpaired) electrons. The fraction of sp³-hybridized carbons (Fsp3) is 0.529. The molecule has 0 saturated heterocycles. The van der Waals surface area contributed by atoms with Crippen molar-refractivity contribution in [2.24, 2.45) is 5.50 Å². The van der Waals surface area contributed by atoms with E-state index in [9.17, 15) is 9.13 Å². The van der Waals surface area contributed by atoms with Gasteiger partial charge in [-0.3, -0.25) is 9.05 Å². The molecule has 0 spiro atoms. The molecule has 2 unspecified atom stereocenters. The number of hydrogen-bond acceptors (Lipinski definition) is 9. The number of anilines is 2. The van der Waals surface area contributed by atoms with Gasteiger partial charge in [-0.15, -0.1) is 0 Å². The van der Waals surface area contributed by atoms with E-state index in [0.29, 0.717) is 30.2 Å². The monoisotopic (exact) mass is 528 g/mol. The molecule has 0 fully saturated rings. The van der Waals surface area contributed by atoms with Crippen LogP contribution in [0.5, 0.6) is 5.75 Å². The number of thiocarbonyl (C=S) groups is 2. The van der Waals surface area contributed by atoms with Gasteiger partial charge in [0.2, 0.25) is 0 Å². The van der Waals surface area contributed by atoms with Crippen LogP contribution in [0.3, 0.4) is 0 Å². The first-order chi connectivity index (χ1) is 15.0. The average molecular weight is 529 g/mol. The van der Waals surface area contributed by atoms with Gasteiger partial charge < -0.3 is 24.4 Å². The van der Waals surface area contributed by atoms with E-state index in [4.69, 9.17) is 52.8 Å². The molecule has 0 amide bonds. The van der Waals surface area contributed by atoms with Gasteiger partial charge in [0.1, 0.15) is 5.75 Å². The van der Waals surface area contributed by atoms with Gasteiger partial charge in [0.05, 0.1) is 26.0 Å². The molecule has 0 aliphatic heterocycles. The third-order valence-corrected chi connectivity index (χ3v) is 7.70. The minimum Gasteiger partial charge on any atom is -0.494 e. The second-order valence-corrected chi connectivity index (χ2v) is 10.1. The van der Waals surface area contributed by atoms with Crippen LogP contribution < -0.4 is 20.9 Å². The summed E-state index contributed by atoms with van der Waals surface area (Å²) in [6.07, 6.45) is 0. The number of benzene rings is 1. The highest BCUT2D eigenvalue weighted by atomic mass is 32.1. The molecular weight excluding hydrogens is 498 g/mol. The SMILES string of the molecule is CCOP(N)(=O)OC(=S)Nc1ccc(NC(=S)OP(=O)(OCC)N(CC)CC)c(OC)c1. The van der Waals surface area contributed by atoms with Crippen LogP contribution in [0.4, 0.5) is 11.4 Å². The molecule has 0 saturated carbocycles. The highest BCUT2D eigenvalue weighted by Crippen LogP contribution is 2.52. The summed E-state index contributed by atoms with van der Waals surface area (Å²) in [7, 11) is -5.95. The Hall–Kier alpha value is -1.30. The van der Waals surface area contributed by atoms with Crippen LogP contribution in [0.15, 0.2) is 18.2 Å². The molecule has 0 aromatic heterocycles. The average Bonchev–Trinajstić information content (AvgIpc) is 2.69. The standard InChI is InChI=1S/C17H30N4O7P2S2/c1-6-21(7-2)30(23,26-9-4)28-17(32)20-14-11-10-13(12-15(14)24-5)19-16(31)27-29(18,22)25-8-3/h10-12H,6-9H2,1-5H3,(H2,18,22)(H,19,31)(H,20,32). The Bertz CT molecular complexity index is 886. The fourth-order valence-electron chi connectivity index (χ4n) is 2.47. The topological polar surface area (TPSA) is 134 Å². The van der Waals surface area contributed by atoms with Gasteiger partial charge >= 0.3 is 15.5 Å². The third kappa shape index (κ3) is 8.92. The molecule has 2 atom stereocenters. The molecule has 182 valence electrons. The minimum absolute atomic E-state index is 0.108. The summed E-state index contributed by atoms with van der Waals surface area (Å²) in [5.74, 6) is 0.360. The molecule has 1 rings (SSSR count). The number of ether oxygens (including phenoxy) is 1. The van der Waals surface area contributed by atoms with E-state index < -0.39 is 15.5 Å². The van der Waals surface area contributed by atoms with Crippen molar-refractivity contribution in [2.45, 2.75) is 27.7 Å². The molecule has 15 heteroatoms. The summed E-state index contributed by atoms with van der Waals surface area (Å²) < 4.78 is 52.6. The highest BCUT2D eigenvalue weighted by Gasteiger charge is 2.34. The van der Waals surface area contributed by atoms with Crippen molar-refractivity contribution < 1.29 is 32.0 Å². The van der Waals surface area contributed by atoms with Crippen LogP contribution in [0, 0.1) is 0 Å². The van der Waals surface area contributed by atoms with E-state index in [1.165, 1.54) is 7.11 Å². The maximum absolute atomic E-state index is 13.1. The van der Waals surface area contributed by atoms with Crippen molar-refractivity contribution in [2.75, 3.05) is 44.0 Å². The lowest BCUT2D eigenvalue weighted by molar-refractivity contribution is 0.220. The summed E-state index contributed by atoms with van der Waals surface area (Å²) in [6.45, 7) is 8.25. The third-order valence-electron chi connectivity index (χ3n) is 3.77. The Labute approximate surface area is 199 Å². The lowest BCUT2D eigenvalue weighted by Gasteiger charge is -2.28. The van der Waals surface area contributed by atoms with E-state index >= 15 is 0 Å². The summed E-state index contributed by atoms with van der Waals surface area (Å²) in [5.41, 5.74) is 6.32. The van der Waals surface area contributed by atoms with E-state index in [1.54, 1.807) is 36.7 Å². The van der Waals surface area contributed by atoms with Crippen LogP contribution in [0.2, 0.25) is 0 Å². The largest absolute Gasteiger partial charge is 0.494 e. The molecule has 11 nitrogen and oxygen atoms in total. The van der Waals surface area contributed by atoms with Crippen LogP contribution in [0.1, 0.15) is 27.7 Å². The van der Waals surface area contributed by atoms with E-state index in [0.717, 1.165) is 0 Å². The number of methoxy groups -OCH3 is 1. The van der Waals surface area contributed by atoms with Gasteiger partial charge in [-0.05, 0) is 50.4 Å². The van der Waals surface area contributed by atoms with E-state index in [-0.39, 0.29) is 23.6 Å². The molecule has 1 aromatic rings. The van der Waals surface area contributed by atoms with Gasteiger partial charge in [-0.1, -0.05) is 13.8 Å². The van der Waals surface area contributed by atoms with Crippen molar-refractivity contribution in [3.8, 4) is 5.75 Å². The zero-order chi connectivity index (χ0) is 24.4. The summed E-state index contributed by atoms with van der Waals surface area (Å²) in [4.78, 5) is 0. The van der Waals surface area contributed by atoms with Gasteiger partial charge in [-0.25, -0.2) is 14.6 Å². The van der Waals surface area contributed by atoms with Crippen molar-refractivity contribution >= 4 is 61.7 Å². The first-order valence-corrected chi connectivity index (χ1v) is 13.7. The summed E-state index contributed by atoms with van der Waals surface area (Å²) in [5, 5.41) is 5.19. The maximum atomic E-state index is 13.1. The summed E-state index contributed by atoms with van der Waals surface area (Å²) in [6, 6.07) is 4.82. The molecule has 0 bridgehead atoms. The predicted octanol–water partition coefficient (Wildman–Crippen LogP) is 4.71. The minimum atomic E-state index is -3.80.